The number of alkyl halides is 1. The van der Waals surface area contributed by atoms with Crippen molar-refractivity contribution in [1.82, 2.24) is 10.3 Å². The molecule has 0 radical (unpaired) electrons. The van der Waals surface area contributed by atoms with Crippen LogP contribution in [0.5, 0.6) is 0 Å². The standard InChI is InChI=1S/C27H37ClF2N4O2/c1-18(16-35-2)33-19-3-5-20(6-4-19)34-26-14-22(24(28)15-31-26)23-13-21(7-8-25(23)29)32-17-27(30)9-11-36-12-10-27/h7-8,13-15,18-20,32-33H,3-6,9-12,16-17H2,1-2H3,(H,31,34)/t18-,19-,20-/m1/s1. The number of anilines is 2. The Bertz CT molecular complexity index is 998. The van der Waals surface area contributed by atoms with Crippen LogP contribution in [0.3, 0.4) is 0 Å². The molecule has 0 bridgehead atoms. The summed E-state index contributed by atoms with van der Waals surface area (Å²) < 4.78 is 40.3. The third-order valence-electron chi connectivity index (χ3n) is 7.13. The molecule has 0 amide bonds. The molecule has 36 heavy (non-hydrogen) atoms. The predicted molar refractivity (Wildman–Crippen MR) is 141 cm³/mol. The number of nitrogens with one attached hydrogen (secondary N) is 3. The van der Waals surface area contributed by atoms with E-state index >= 15 is 0 Å². The zero-order chi connectivity index (χ0) is 25.5. The lowest BCUT2D eigenvalue weighted by Gasteiger charge is -2.32. The average Bonchev–Trinajstić information content (AvgIpc) is 2.87. The number of ether oxygens (including phenoxy) is 2. The first-order chi connectivity index (χ1) is 17.3. The number of halogens is 3. The van der Waals surface area contributed by atoms with Crippen LogP contribution in [0, 0.1) is 5.82 Å². The molecule has 3 N–H and O–H groups in total. The lowest BCUT2D eigenvalue weighted by molar-refractivity contribution is -0.00115. The van der Waals surface area contributed by atoms with E-state index in [1.165, 1.54) is 6.07 Å². The molecule has 1 aromatic heterocycles. The molecule has 1 aliphatic heterocycles. The summed E-state index contributed by atoms with van der Waals surface area (Å²) >= 11 is 6.44. The Labute approximate surface area is 217 Å². The van der Waals surface area contributed by atoms with Crippen molar-refractivity contribution >= 4 is 23.1 Å². The molecule has 6 nitrogen and oxygen atoms in total. The molecule has 2 aliphatic rings. The maximum absolute atomic E-state index is 15.0. The molecule has 0 spiro atoms. The van der Waals surface area contributed by atoms with Gasteiger partial charge in [0.25, 0.3) is 0 Å². The van der Waals surface area contributed by atoms with E-state index < -0.39 is 11.5 Å². The number of methoxy groups -OCH3 is 1. The van der Waals surface area contributed by atoms with Gasteiger partial charge in [0, 0.05) is 80.8 Å². The Balaban J connectivity index is 1.40. The number of hydrogen-bond donors (Lipinski definition) is 3. The molecule has 9 heteroatoms. The fourth-order valence-corrected chi connectivity index (χ4v) is 5.26. The quantitative estimate of drug-likeness (QED) is 0.365. The summed E-state index contributed by atoms with van der Waals surface area (Å²) in [6, 6.07) is 7.59. The molecule has 0 unspecified atom stereocenters. The minimum Gasteiger partial charge on any atom is -0.383 e. The minimum absolute atomic E-state index is 0.153. The Morgan fingerprint density at radius 1 is 1.14 bits per heavy atom. The van der Waals surface area contributed by atoms with Crippen LogP contribution in [0.4, 0.5) is 20.3 Å². The van der Waals surface area contributed by atoms with Crippen molar-refractivity contribution < 1.29 is 18.3 Å². The van der Waals surface area contributed by atoms with Gasteiger partial charge in [0.05, 0.1) is 11.6 Å². The molecule has 1 aliphatic carbocycles. The highest BCUT2D eigenvalue weighted by molar-refractivity contribution is 6.33. The van der Waals surface area contributed by atoms with Gasteiger partial charge < -0.3 is 25.4 Å². The van der Waals surface area contributed by atoms with E-state index in [1.54, 1.807) is 31.5 Å². The van der Waals surface area contributed by atoms with Crippen molar-refractivity contribution in [2.45, 2.75) is 69.2 Å². The fraction of sp³-hybridized carbons (Fsp3) is 0.593. The minimum atomic E-state index is -1.32. The smallest absolute Gasteiger partial charge is 0.132 e. The normalized spacial score (nSPS) is 22.7. The Hall–Kier alpha value is -2.00. The lowest BCUT2D eigenvalue weighted by atomic mass is 9.90. The number of benzene rings is 1. The van der Waals surface area contributed by atoms with E-state index in [9.17, 15) is 8.78 Å². The van der Waals surface area contributed by atoms with Crippen molar-refractivity contribution in [3.63, 3.8) is 0 Å². The van der Waals surface area contributed by atoms with Crippen molar-refractivity contribution in [3.8, 4) is 11.1 Å². The fourth-order valence-electron chi connectivity index (χ4n) is 5.05. The Morgan fingerprint density at radius 3 is 2.58 bits per heavy atom. The van der Waals surface area contributed by atoms with Gasteiger partial charge in [-0.05, 0) is 56.9 Å². The van der Waals surface area contributed by atoms with Gasteiger partial charge in [-0.15, -0.1) is 0 Å². The molecule has 1 saturated heterocycles. The van der Waals surface area contributed by atoms with Crippen LogP contribution in [-0.4, -0.2) is 62.3 Å². The van der Waals surface area contributed by atoms with Gasteiger partial charge in [-0.2, -0.15) is 0 Å². The van der Waals surface area contributed by atoms with E-state index in [1.807, 2.05) is 0 Å². The van der Waals surface area contributed by atoms with E-state index in [0.717, 1.165) is 25.7 Å². The lowest BCUT2D eigenvalue weighted by Crippen LogP contribution is -2.42. The predicted octanol–water partition coefficient (Wildman–Crippen LogP) is 5.82. The number of aromatic nitrogens is 1. The summed E-state index contributed by atoms with van der Waals surface area (Å²) in [4.78, 5) is 4.43. The zero-order valence-electron chi connectivity index (χ0n) is 21.1. The van der Waals surface area contributed by atoms with Crippen molar-refractivity contribution in [1.29, 1.82) is 0 Å². The monoisotopic (exact) mass is 522 g/mol. The number of hydrogen-bond acceptors (Lipinski definition) is 6. The Kier molecular flexibility index (Phi) is 9.39. The third-order valence-corrected chi connectivity index (χ3v) is 7.43. The number of rotatable bonds is 10. The first-order valence-corrected chi connectivity index (χ1v) is 13.2. The zero-order valence-corrected chi connectivity index (χ0v) is 21.8. The van der Waals surface area contributed by atoms with Gasteiger partial charge in [0.1, 0.15) is 17.3 Å². The molecule has 4 rings (SSSR count). The van der Waals surface area contributed by atoms with Gasteiger partial charge in [-0.25, -0.2) is 13.8 Å². The van der Waals surface area contributed by atoms with Crippen LogP contribution in [0.1, 0.15) is 45.4 Å². The molecule has 1 saturated carbocycles. The highest BCUT2D eigenvalue weighted by Crippen LogP contribution is 2.34. The highest BCUT2D eigenvalue weighted by atomic mass is 35.5. The van der Waals surface area contributed by atoms with Gasteiger partial charge in [0.2, 0.25) is 0 Å². The second-order valence-corrected chi connectivity index (χ2v) is 10.5. The molecule has 2 fully saturated rings. The number of pyridine rings is 1. The summed E-state index contributed by atoms with van der Waals surface area (Å²) in [5.74, 6) is 0.277. The van der Waals surface area contributed by atoms with Crippen LogP contribution in [0.25, 0.3) is 11.1 Å². The van der Waals surface area contributed by atoms with Gasteiger partial charge >= 0.3 is 0 Å². The maximum Gasteiger partial charge on any atom is 0.132 e. The largest absolute Gasteiger partial charge is 0.383 e. The van der Waals surface area contributed by atoms with E-state index in [2.05, 4.69) is 27.9 Å². The molecular formula is C27H37ClF2N4O2. The summed E-state index contributed by atoms with van der Waals surface area (Å²) in [5.41, 5.74) is 0.232. The molecular weight excluding hydrogens is 486 g/mol. The molecule has 1 atom stereocenters. The first kappa shape index (κ1) is 27.0. The molecule has 2 aromatic rings. The summed E-state index contributed by atoms with van der Waals surface area (Å²) in [6.07, 6.45) is 6.42. The van der Waals surface area contributed by atoms with E-state index in [0.29, 0.717) is 78.4 Å². The topological polar surface area (TPSA) is 67.4 Å². The summed E-state index contributed by atoms with van der Waals surface area (Å²) in [7, 11) is 1.72. The molecule has 1 aromatic carbocycles. The second kappa shape index (κ2) is 12.5. The molecule has 198 valence electrons. The third kappa shape index (κ3) is 7.28. The first-order valence-electron chi connectivity index (χ1n) is 12.8. The van der Waals surface area contributed by atoms with E-state index in [-0.39, 0.29) is 6.54 Å². The van der Waals surface area contributed by atoms with Crippen molar-refractivity contribution in [3.05, 3.63) is 41.3 Å². The summed E-state index contributed by atoms with van der Waals surface area (Å²) in [6.45, 7) is 3.82. The summed E-state index contributed by atoms with van der Waals surface area (Å²) in [5, 5.41) is 10.6. The van der Waals surface area contributed by atoms with Gasteiger partial charge in [0.15, 0.2) is 0 Å². The van der Waals surface area contributed by atoms with Crippen molar-refractivity contribution in [2.75, 3.05) is 44.1 Å². The van der Waals surface area contributed by atoms with Crippen LogP contribution in [0.15, 0.2) is 30.5 Å². The molecule has 2 heterocycles. The highest BCUT2D eigenvalue weighted by Gasteiger charge is 2.32. The van der Waals surface area contributed by atoms with Crippen molar-refractivity contribution in [2.24, 2.45) is 0 Å². The van der Waals surface area contributed by atoms with Crippen LogP contribution in [0.2, 0.25) is 5.02 Å². The van der Waals surface area contributed by atoms with Crippen LogP contribution < -0.4 is 16.0 Å². The van der Waals surface area contributed by atoms with Crippen LogP contribution >= 0.6 is 11.6 Å². The Morgan fingerprint density at radius 2 is 1.86 bits per heavy atom. The van der Waals surface area contributed by atoms with Gasteiger partial charge in [-0.3, -0.25) is 0 Å². The number of nitrogens with zero attached hydrogens (tertiary/aromatic N) is 1. The SMILES string of the molecule is COC[C@@H](C)N[C@H]1CC[C@H](Nc2cc(-c3cc(NCC4(F)CCOCC4)ccc3F)c(Cl)cn2)CC1. The average molecular weight is 523 g/mol. The van der Waals surface area contributed by atoms with E-state index in [4.69, 9.17) is 21.1 Å². The van der Waals surface area contributed by atoms with Gasteiger partial charge in [-0.1, -0.05) is 11.6 Å². The second-order valence-electron chi connectivity index (χ2n) is 10.1. The maximum atomic E-state index is 15.0. The van der Waals surface area contributed by atoms with Crippen LogP contribution in [-0.2, 0) is 9.47 Å².